The third kappa shape index (κ3) is 5.58. The number of fused-ring (bicyclic) bond motifs is 1. The van der Waals surface area contributed by atoms with Gasteiger partial charge in [0.1, 0.15) is 11.9 Å². The molecule has 6 rings (SSSR count). The monoisotopic (exact) mass is 575 g/mol. The first-order chi connectivity index (χ1) is 20.3. The Morgan fingerprint density at radius 2 is 1.71 bits per heavy atom. The number of piperazine rings is 1. The summed E-state index contributed by atoms with van der Waals surface area (Å²) in [7, 11) is 0. The highest BCUT2D eigenvalue weighted by atomic mass is 19.1. The lowest BCUT2D eigenvalue weighted by molar-refractivity contribution is -0.136. The van der Waals surface area contributed by atoms with Crippen LogP contribution in [0.25, 0.3) is 10.8 Å². The minimum Gasteiger partial charge on any atom is -0.369 e. The molecule has 0 saturated carbocycles. The van der Waals surface area contributed by atoms with E-state index < -0.39 is 23.7 Å². The van der Waals surface area contributed by atoms with Crippen LogP contribution in [0.4, 0.5) is 15.8 Å². The maximum Gasteiger partial charge on any atom is 0.275 e. The molecule has 12 heteroatoms. The highest BCUT2D eigenvalue weighted by Gasteiger charge is 2.30. The third-order valence-electron chi connectivity index (χ3n) is 8.74. The average molecular weight is 576 g/mol. The number of aromatic nitrogens is 2. The first-order valence-electron chi connectivity index (χ1n) is 14.4. The molecule has 0 aliphatic carbocycles. The number of rotatable bonds is 6. The van der Waals surface area contributed by atoms with Crippen LogP contribution in [-0.2, 0) is 9.59 Å². The molecule has 3 N–H and O–H groups in total. The predicted octanol–water partition coefficient (Wildman–Crippen LogP) is 1.65. The van der Waals surface area contributed by atoms with Gasteiger partial charge in [-0.25, -0.2) is 9.07 Å². The lowest BCUT2D eigenvalue weighted by atomic mass is 9.95. The van der Waals surface area contributed by atoms with Crippen molar-refractivity contribution in [1.29, 1.82) is 0 Å². The lowest BCUT2D eigenvalue weighted by Gasteiger charge is -2.40. The number of nitrogens with two attached hydrogens (primary N) is 1. The van der Waals surface area contributed by atoms with E-state index in [0.29, 0.717) is 17.0 Å². The summed E-state index contributed by atoms with van der Waals surface area (Å²) in [4.78, 5) is 55.0. The summed E-state index contributed by atoms with van der Waals surface area (Å²) < 4.78 is 15.7. The number of hydrogen-bond donors (Lipinski definition) is 2. The molecule has 0 radical (unpaired) electrons. The SMILES string of the molecule is NC(=O)c1ccc(N2CCC(CN3CCN(c4ccc5c(=O)n([C@H]6CCC(=O)NC6=O)ncc5c4)CC3)CC2)c(F)c1. The second-order valence-corrected chi connectivity index (χ2v) is 11.4. The van der Waals surface area contributed by atoms with Gasteiger partial charge in [-0.15, -0.1) is 0 Å². The fourth-order valence-electron chi connectivity index (χ4n) is 6.31. The molecule has 4 heterocycles. The number of piperidine rings is 2. The van der Waals surface area contributed by atoms with Gasteiger partial charge < -0.3 is 15.5 Å². The van der Waals surface area contributed by atoms with Crippen molar-refractivity contribution in [2.75, 3.05) is 55.6 Å². The zero-order valence-electron chi connectivity index (χ0n) is 23.3. The Morgan fingerprint density at radius 3 is 2.40 bits per heavy atom. The second-order valence-electron chi connectivity index (χ2n) is 11.4. The van der Waals surface area contributed by atoms with E-state index in [0.717, 1.165) is 69.7 Å². The third-order valence-corrected chi connectivity index (χ3v) is 8.74. The maximum atomic E-state index is 14.6. The summed E-state index contributed by atoms with van der Waals surface area (Å²) >= 11 is 0. The Morgan fingerprint density at radius 1 is 0.952 bits per heavy atom. The number of imide groups is 1. The van der Waals surface area contributed by atoms with Crippen molar-refractivity contribution >= 4 is 39.9 Å². The highest BCUT2D eigenvalue weighted by Crippen LogP contribution is 2.28. The zero-order valence-corrected chi connectivity index (χ0v) is 23.3. The summed E-state index contributed by atoms with van der Waals surface area (Å²) in [6.45, 7) is 6.13. The Kier molecular flexibility index (Phi) is 7.63. The smallest absolute Gasteiger partial charge is 0.275 e. The Bertz CT molecular complexity index is 1590. The van der Waals surface area contributed by atoms with Crippen LogP contribution in [0.3, 0.4) is 0 Å². The van der Waals surface area contributed by atoms with Gasteiger partial charge in [-0.1, -0.05) is 0 Å². The van der Waals surface area contributed by atoms with E-state index in [9.17, 15) is 23.6 Å². The van der Waals surface area contributed by atoms with Crippen LogP contribution >= 0.6 is 0 Å². The molecular weight excluding hydrogens is 541 g/mol. The molecule has 1 aromatic heterocycles. The molecule has 2 aromatic carbocycles. The van der Waals surface area contributed by atoms with Crippen LogP contribution in [-0.4, -0.2) is 78.2 Å². The van der Waals surface area contributed by atoms with Gasteiger partial charge >= 0.3 is 0 Å². The predicted molar refractivity (Wildman–Crippen MR) is 156 cm³/mol. The van der Waals surface area contributed by atoms with Crippen molar-refractivity contribution in [3.8, 4) is 0 Å². The zero-order chi connectivity index (χ0) is 29.4. The van der Waals surface area contributed by atoms with Gasteiger partial charge in [-0.3, -0.25) is 29.4 Å². The van der Waals surface area contributed by atoms with Gasteiger partial charge in [0.05, 0.1) is 17.3 Å². The van der Waals surface area contributed by atoms with Crippen molar-refractivity contribution < 1.29 is 18.8 Å². The summed E-state index contributed by atoms with van der Waals surface area (Å²) in [5, 5.41) is 7.77. The minimum atomic E-state index is -0.782. The minimum absolute atomic E-state index is 0.179. The number of carbonyl (C=O) groups is 3. The van der Waals surface area contributed by atoms with E-state index in [1.807, 2.05) is 17.0 Å². The van der Waals surface area contributed by atoms with E-state index in [-0.39, 0.29) is 29.9 Å². The van der Waals surface area contributed by atoms with E-state index in [1.54, 1.807) is 24.4 Å². The average Bonchev–Trinajstić information content (AvgIpc) is 2.98. The molecule has 3 aliphatic rings. The van der Waals surface area contributed by atoms with E-state index in [1.165, 1.54) is 10.7 Å². The number of halogens is 1. The fourth-order valence-corrected chi connectivity index (χ4v) is 6.31. The molecule has 11 nitrogen and oxygen atoms in total. The second kappa shape index (κ2) is 11.5. The van der Waals surface area contributed by atoms with Gasteiger partial charge in [0, 0.05) is 68.9 Å². The van der Waals surface area contributed by atoms with E-state index >= 15 is 0 Å². The molecular formula is C30H34FN7O4. The van der Waals surface area contributed by atoms with Crippen molar-refractivity contribution in [1.82, 2.24) is 20.0 Å². The Labute approximate surface area is 242 Å². The fraction of sp³-hybridized carbons (Fsp3) is 0.433. The number of nitrogens with zero attached hydrogens (tertiary/aromatic N) is 5. The first-order valence-corrected chi connectivity index (χ1v) is 14.4. The van der Waals surface area contributed by atoms with Gasteiger partial charge in [0.25, 0.3) is 11.5 Å². The lowest BCUT2D eigenvalue weighted by Crippen LogP contribution is -2.49. The first kappa shape index (κ1) is 27.8. The number of anilines is 2. The molecule has 0 spiro atoms. The normalized spacial score (nSPS) is 20.6. The summed E-state index contributed by atoms with van der Waals surface area (Å²) in [6, 6.07) is 9.36. The molecule has 0 unspecified atom stereocenters. The number of carbonyl (C=O) groups excluding carboxylic acids is 3. The quantitative estimate of drug-likeness (QED) is 0.424. The molecule has 220 valence electrons. The Balaban J connectivity index is 1.03. The van der Waals surface area contributed by atoms with Crippen molar-refractivity contribution in [3.63, 3.8) is 0 Å². The molecule has 3 fully saturated rings. The molecule has 3 amide bonds. The van der Waals surface area contributed by atoms with Crippen LogP contribution in [0, 0.1) is 11.7 Å². The summed E-state index contributed by atoms with van der Waals surface area (Å²) in [5.41, 5.74) is 6.65. The number of amides is 3. The van der Waals surface area contributed by atoms with Crippen molar-refractivity contribution in [3.05, 3.63) is 64.3 Å². The Hall–Kier alpha value is -4.32. The molecule has 3 aliphatic heterocycles. The van der Waals surface area contributed by atoms with E-state index in [4.69, 9.17) is 5.73 Å². The number of benzene rings is 2. The van der Waals surface area contributed by atoms with Crippen LogP contribution in [0.15, 0.2) is 47.4 Å². The summed E-state index contributed by atoms with van der Waals surface area (Å²) in [6.07, 6.45) is 4.01. The van der Waals surface area contributed by atoms with Crippen LogP contribution in [0.1, 0.15) is 42.1 Å². The maximum absolute atomic E-state index is 14.6. The van der Waals surface area contributed by atoms with Gasteiger partial charge in [-0.2, -0.15) is 5.10 Å². The number of hydrogen-bond acceptors (Lipinski definition) is 8. The molecule has 42 heavy (non-hydrogen) atoms. The molecule has 3 saturated heterocycles. The van der Waals surface area contributed by atoms with Crippen molar-refractivity contribution in [2.45, 2.75) is 31.7 Å². The topological polar surface area (TPSA) is 134 Å². The highest BCUT2D eigenvalue weighted by molar-refractivity contribution is 5.99. The van der Waals surface area contributed by atoms with Gasteiger partial charge in [0.2, 0.25) is 11.8 Å². The number of nitrogens with one attached hydrogen (secondary N) is 1. The van der Waals surface area contributed by atoms with E-state index in [2.05, 4.69) is 20.2 Å². The standard InChI is InChI=1S/C30H34FN7O4/c31-24-16-20(28(32)40)1-4-25(24)37-9-7-19(8-10-37)18-35-11-13-36(14-12-35)22-2-3-23-21(15-22)17-33-38(30(23)42)26-5-6-27(39)34-29(26)41/h1-4,15-17,19,26H,5-14,18H2,(H2,32,40)(H,34,39,41)/t26-/m0/s1. The van der Waals surface area contributed by atoms with Crippen LogP contribution in [0.2, 0.25) is 0 Å². The van der Waals surface area contributed by atoms with Crippen molar-refractivity contribution in [2.24, 2.45) is 11.7 Å². The van der Waals surface area contributed by atoms with Crippen LogP contribution in [0.5, 0.6) is 0 Å². The molecule has 0 bridgehead atoms. The van der Waals surface area contributed by atoms with Gasteiger partial charge in [0.15, 0.2) is 0 Å². The largest absolute Gasteiger partial charge is 0.369 e. The van der Waals surface area contributed by atoms with Gasteiger partial charge in [-0.05, 0) is 61.6 Å². The van der Waals surface area contributed by atoms with Crippen LogP contribution < -0.4 is 26.4 Å². The molecule has 3 aromatic rings. The molecule has 1 atom stereocenters. The summed E-state index contributed by atoms with van der Waals surface area (Å²) in [5.74, 6) is -1.33. The number of primary amides is 1.